The van der Waals surface area contributed by atoms with Gasteiger partial charge in [-0.2, -0.15) is 4.31 Å². The zero-order valence-corrected chi connectivity index (χ0v) is 12.5. The van der Waals surface area contributed by atoms with Crippen molar-refractivity contribution in [3.8, 4) is 0 Å². The number of halogens is 1. The van der Waals surface area contributed by atoms with Gasteiger partial charge in [-0.1, -0.05) is 6.92 Å². The summed E-state index contributed by atoms with van der Waals surface area (Å²) in [6.45, 7) is 3.12. The van der Waals surface area contributed by atoms with Gasteiger partial charge in [-0.05, 0) is 37.1 Å². The van der Waals surface area contributed by atoms with Crippen LogP contribution in [0.1, 0.15) is 18.9 Å². The van der Waals surface area contributed by atoms with Gasteiger partial charge < -0.3 is 4.74 Å². The minimum atomic E-state index is -3.84. The van der Waals surface area contributed by atoms with Crippen LogP contribution >= 0.6 is 0 Å². The Bertz CT molecular complexity index is 586. The molecule has 0 aliphatic heterocycles. The summed E-state index contributed by atoms with van der Waals surface area (Å²) in [5.74, 6) is -1.11. The largest absolute Gasteiger partial charge is 0.468 e. The van der Waals surface area contributed by atoms with Crippen molar-refractivity contribution in [2.24, 2.45) is 0 Å². The van der Waals surface area contributed by atoms with Crippen molar-refractivity contribution in [3.05, 3.63) is 29.6 Å². The number of aryl methyl sites for hydroxylation is 1. The van der Waals surface area contributed by atoms with Gasteiger partial charge in [0.05, 0.1) is 12.0 Å². The number of hydrogen-bond donors (Lipinski definition) is 0. The van der Waals surface area contributed by atoms with E-state index in [1.807, 2.05) is 0 Å². The fourth-order valence-electron chi connectivity index (χ4n) is 1.67. The van der Waals surface area contributed by atoms with Gasteiger partial charge in [-0.25, -0.2) is 12.8 Å². The normalized spacial score (nSPS) is 11.7. The van der Waals surface area contributed by atoms with E-state index in [4.69, 9.17) is 0 Å². The molecule has 0 radical (unpaired) electrons. The summed E-state index contributed by atoms with van der Waals surface area (Å²) >= 11 is 0. The van der Waals surface area contributed by atoms with Crippen LogP contribution in [-0.4, -0.2) is 38.9 Å². The molecule has 0 saturated carbocycles. The summed E-state index contributed by atoms with van der Waals surface area (Å²) in [5.41, 5.74) is 0.237. The lowest BCUT2D eigenvalue weighted by Crippen LogP contribution is -2.36. The topological polar surface area (TPSA) is 63.7 Å². The van der Waals surface area contributed by atoms with E-state index in [2.05, 4.69) is 4.74 Å². The van der Waals surface area contributed by atoms with Gasteiger partial charge in [0.2, 0.25) is 10.0 Å². The number of carbonyl (C=O) groups is 1. The molecule has 0 atom stereocenters. The second kappa shape index (κ2) is 6.81. The third-order valence-corrected chi connectivity index (χ3v) is 4.61. The summed E-state index contributed by atoms with van der Waals surface area (Å²) in [4.78, 5) is 11.3. The number of rotatable bonds is 6. The Hall–Kier alpha value is -1.47. The van der Waals surface area contributed by atoms with E-state index in [1.165, 1.54) is 26.2 Å². The average molecular weight is 303 g/mol. The third kappa shape index (κ3) is 3.77. The minimum Gasteiger partial charge on any atom is -0.468 e. The van der Waals surface area contributed by atoms with Gasteiger partial charge in [0.1, 0.15) is 12.4 Å². The Kier molecular flexibility index (Phi) is 5.64. The summed E-state index contributed by atoms with van der Waals surface area (Å²) in [7, 11) is -2.65. The van der Waals surface area contributed by atoms with Gasteiger partial charge in [0.15, 0.2) is 0 Å². The van der Waals surface area contributed by atoms with Crippen molar-refractivity contribution in [2.45, 2.75) is 25.2 Å². The fourth-order valence-corrected chi connectivity index (χ4v) is 3.23. The Balaban J connectivity index is 3.14. The van der Waals surface area contributed by atoms with E-state index in [9.17, 15) is 17.6 Å². The molecule has 0 bridgehead atoms. The van der Waals surface area contributed by atoms with E-state index < -0.39 is 21.8 Å². The molecule has 1 rings (SSSR count). The van der Waals surface area contributed by atoms with Crippen LogP contribution in [0.5, 0.6) is 0 Å². The highest BCUT2D eigenvalue weighted by atomic mass is 32.2. The molecule has 0 aromatic heterocycles. The standard InChI is InChI=1S/C13H18FNO4S/c1-4-7-15(9-13(16)19-3)20(17,18)11-5-6-12(14)10(2)8-11/h5-6,8H,4,7,9H2,1-3H3. The molecule has 0 N–H and O–H groups in total. The van der Waals surface area contributed by atoms with E-state index in [-0.39, 0.29) is 23.5 Å². The van der Waals surface area contributed by atoms with Gasteiger partial charge in [0.25, 0.3) is 0 Å². The quantitative estimate of drug-likeness (QED) is 0.751. The maximum atomic E-state index is 13.2. The van der Waals surface area contributed by atoms with Crippen LogP contribution in [-0.2, 0) is 19.6 Å². The van der Waals surface area contributed by atoms with Crippen molar-refractivity contribution >= 4 is 16.0 Å². The number of ether oxygens (including phenoxy) is 1. The van der Waals surface area contributed by atoms with Crippen LogP contribution in [0.4, 0.5) is 4.39 Å². The molecular formula is C13H18FNO4S. The SMILES string of the molecule is CCCN(CC(=O)OC)S(=O)(=O)c1ccc(F)c(C)c1. The molecule has 0 saturated heterocycles. The molecule has 1 aromatic carbocycles. The first-order valence-corrected chi connectivity index (χ1v) is 7.60. The molecular weight excluding hydrogens is 285 g/mol. The minimum absolute atomic E-state index is 0.0336. The first-order valence-electron chi connectivity index (χ1n) is 6.16. The van der Waals surface area contributed by atoms with Crippen LogP contribution in [0.15, 0.2) is 23.1 Å². The second-order valence-electron chi connectivity index (χ2n) is 4.33. The lowest BCUT2D eigenvalue weighted by molar-refractivity contribution is -0.140. The number of nitrogens with zero attached hydrogens (tertiary/aromatic N) is 1. The van der Waals surface area contributed by atoms with Crippen LogP contribution in [0.25, 0.3) is 0 Å². The van der Waals surface area contributed by atoms with E-state index in [0.717, 1.165) is 10.4 Å². The second-order valence-corrected chi connectivity index (χ2v) is 6.26. The Morgan fingerprint density at radius 1 is 1.40 bits per heavy atom. The highest BCUT2D eigenvalue weighted by Crippen LogP contribution is 2.19. The number of hydrogen-bond acceptors (Lipinski definition) is 4. The monoisotopic (exact) mass is 303 g/mol. The lowest BCUT2D eigenvalue weighted by atomic mass is 10.2. The maximum Gasteiger partial charge on any atom is 0.321 e. The Morgan fingerprint density at radius 3 is 2.55 bits per heavy atom. The summed E-state index contributed by atoms with van der Waals surface area (Å²) in [6.07, 6.45) is 0.552. The molecule has 0 heterocycles. The fraction of sp³-hybridized carbons (Fsp3) is 0.462. The summed E-state index contributed by atoms with van der Waals surface area (Å²) in [6, 6.07) is 3.55. The van der Waals surface area contributed by atoms with E-state index >= 15 is 0 Å². The predicted octanol–water partition coefficient (Wildman–Crippen LogP) is 1.71. The zero-order chi connectivity index (χ0) is 15.3. The number of esters is 1. The number of methoxy groups -OCH3 is 1. The average Bonchev–Trinajstić information content (AvgIpc) is 2.40. The van der Waals surface area contributed by atoms with Gasteiger partial charge >= 0.3 is 5.97 Å². The maximum absolute atomic E-state index is 13.2. The molecule has 0 fully saturated rings. The third-order valence-electron chi connectivity index (χ3n) is 2.77. The molecule has 0 amide bonds. The van der Waals surface area contributed by atoms with Crippen molar-refractivity contribution in [1.82, 2.24) is 4.31 Å². The van der Waals surface area contributed by atoms with Gasteiger partial charge in [-0.3, -0.25) is 4.79 Å². The smallest absolute Gasteiger partial charge is 0.321 e. The molecule has 20 heavy (non-hydrogen) atoms. The first kappa shape index (κ1) is 16.6. The van der Waals surface area contributed by atoms with E-state index in [0.29, 0.717) is 6.42 Å². The van der Waals surface area contributed by atoms with Crippen molar-refractivity contribution in [2.75, 3.05) is 20.2 Å². The Labute approximate surface area is 118 Å². The summed E-state index contributed by atoms with van der Waals surface area (Å²) < 4.78 is 43.6. The number of sulfonamides is 1. The van der Waals surface area contributed by atoms with Crippen LogP contribution in [0, 0.1) is 12.7 Å². The molecule has 7 heteroatoms. The van der Waals surface area contributed by atoms with Crippen LogP contribution in [0.3, 0.4) is 0 Å². The summed E-state index contributed by atoms with van der Waals surface area (Å²) in [5, 5.41) is 0. The Morgan fingerprint density at radius 2 is 2.05 bits per heavy atom. The van der Waals surface area contributed by atoms with Crippen molar-refractivity contribution in [1.29, 1.82) is 0 Å². The highest BCUT2D eigenvalue weighted by molar-refractivity contribution is 7.89. The molecule has 1 aromatic rings. The molecule has 0 spiro atoms. The highest BCUT2D eigenvalue weighted by Gasteiger charge is 2.26. The van der Waals surface area contributed by atoms with Crippen molar-refractivity contribution in [3.63, 3.8) is 0 Å². The number of benzene rings is 1. The molecule has 0 aliphatic carbocycles. The molecule has 0 unspecified atom stereocenters. The molecule has 5 nitrogen and oxygen atoms in total. The molecule has 112 valence electrons. The van der Waals surface area contributed by atoms with E-state index in [1.54, 1.807) is 6.92 Å². The van der Waals surface area contributed by atoms with Crippen LogP contribution < -0.4 is 0 Å². The molecule has 0 aliphatic rings. The zero-order valence-electron chi connectivity index (χ0n) is 11.7. The lowest BCUT2D eigenvalue weighted by Gasteiger charge is -2.20. The van der Waals surface area contributed by atoms with Crippen LogP contribution in [0.2, 0.25) is 0 Å². The van der Waals surface area contributed by atoms with Gasteiger partial charge in [0, 0.05) is 6.54 Å². The first-order chi connectivity index (χ1) is 9.32. The number of carbonyl (C=O) groups excluding carboxylic acids is 1. The van der Waals surface area contributed by atoms with Gasteiger partial charge in [-0.15, -0.1) is 0 Å². The van der Waals surface area contributed by atoms with Crippen molar-refractivity contribution < 1.29 is 22.3 Å². The predicted molar refractivity (Wildman–Crippen MR) is 72.2 cm³/mol.